The highest BCUT2D eigenvalue weighted by Crippen LogP contribution is 2.30. The van der Waals surface area contributed by atoms with Crippen LogP contribution in [0.4, 0.5) is 0 Å². The molecular formula is C16H12N2O. The van der Waals surface area contributed by atoms with Crippen LogP contribution in [0.1, 0.15) is 18.4 Å². The average molecular weight is 248 g/mol. The van der Waals surface area contributed by atoms with Crippen molar-refractivity contribution in [1.82, 2.24) is 5.16 Å². The zero-order chi connectivity index (χ0) is 13.2. The van der Waals surface area contributed by atoms with E-state index in [4.69, 9.17) is 9.78 Å². The molecule has 92 valence electrons. The minimum absolute atomic E-state index is 0.138. The highest BCUT2D eigenvalue weighted by Gasteiger charge is 2.12. The second-order valence-electron chi connectivity index (χ2n) is 4.51. The van der Waals surface area contributed by atoms with Crippen molar-refractivity contribution >= 4 is 10.9 Å². The highest BCUT2D eigenvalue weighted by molar-refractivity contribution is 5.91. The molecule has 0 aliphatic carbocycles. The van der Waals surface area contributed by atoms with Crippen LogP contribution in [0.15, 0.2) is 53.1 Å². The molecule has 0 spiro atoms. The summed E-state index contributed by atoms with van der Waals surface area (Å²) in [6.45, 7) is 1.87. The molecule has 0 amide bonds. The fourth-order valence-corrected chi connectivity index (χ4v) is 2.10. The maximum Gasteiger partial charge on any atom is 0.174 e. The Hall–Kier alpha value is -2.60. The van der Waals surface area contributed by atoms with Gasteiger partial charge in [-0.3, -0.25) is 0 Å². The molecule has 3 nitrogen and oxygen atoms in total. The number of nitrogens with zero attached hydrogens (tertiary/aromatic N) is 2. The molecule has 0 radical (unpaired) electrons. The number of rotatable bonds is 2. The third-order valence-corrected chi connectivity index (χ3v) is 3.23. The molecule has 0 fully saturated rings. The molecule has 19 heavy (non-hydrogen) atoms. The summed E-state index contributed by atoms with van der Waals surface area (Å²) in [5.74, 6) is 0.632. The number of hydrogen-bond acceptors (Lipinski definition) is 3. The van der Waals surface area contributed by atoms with Crippen molar-refractivity contribution in [3.63, 3.8) is 0 Å². The van der Waals surface area contributed by atoms with Gasteiger partial charge in [-0.05, 0) is 24.6 Å². The Morgan fingerprint density at radius 1 is 1.16 bits per heavy atom. The summed E-state index contributed by atoms with van der Waals surface area (Å²) in [4.78, 5) is 0. The SMILES string of the molecule is CC(C#N)c1ccc2c(-c3ccccc3)onc2c1. The summed E-state index contributed by atoms with van der Waals surface area (Å²) in [5.41, 5.74) is 2.76. The zero-order valence-corrected chi connectivity index (χ0v) is 10.5. The molecule has 0 aliphatic rings. The predicted octanol–water partition coefficient (Wildman–Crippen LogP) is 4.12. The second-order valence-corrected chi connectivity index (χ2v) is 4.51. The minimum atomic E-state index is -0.138. The summed E-state index contributed by atoms with van der Waals surface area (Å²) in [5, 5.41) is 14.0. The van der Waals surface area contributed by atoms with Crippen molar-refractivity contribution in [1.29, 1.82) is 5.26 Å². The van der Waals surface area contributed by atoms with E-state index in [1.807, 2.05) is 55.5 Å². The number of benzene rings is 2. The van der Waals surface area contributed by atoms with Gasteiger partial charge in [-0.1, -0.05) is 41.6 Å². The van der Waals surface area contributed by atoms with E-state index in [9.17, 15) is 0 Å². The minimum Gasteiger partial charge on any atom is -0.355 e. The number of fused-ring (bicyclic) bond motifs is 1. The second kappa shape index (κ2) is 4.58. The first-order valence-corrected chi connectivity index (χ1v) is 6.14. The average Bonchev–Trinajstić information content (AvgIpc) is 2.90. The lowest BCUT2D eigenvalue weighted by Crippen LogP contribution is -1.88. The molecule has 0 aliphatic heterocycles. The normalized spacial score (nSPS) is 12.2. The Bertz CT molecular complexity index is 753. The van der Waals surface area contributed by atoms with Crippen molar-refractivity contribution in [3.8, 4) is 17.4 Å². The van der Waals surface area contributed by atoms with Gasteiger partial charge in [-0.15, -0.1) is 0 Å². The van der Waals surface area contributed by atoms with Gasteiger partial charge in [0.05, 0.1) is 12.0 Å². The Morgan fingerprint density at radius 2 is 1.95 bits per heavy atom. The Balaban J connectivity index is 2.13. The Labute approximate surface area is 111 Å². The molecule has 1 atom stereocenters. The molecule has 0 bridgehead atoms. The van der Waals surface area contributed by atoms with Gasteiger partial charge in [0.1, 0.15) is 5.52 Å². The summed E-state index contributed by atoms with van der Waals surface area (Å²) >= 11 is 0. The summed E-state index contributed by atoms with van der Waals surface area (Å²) < 4.78 is 5.44. The molecular weight excluding hydrogens is 236 g/mol. The molecule has 1 heterocycles. The smallest absolute Gasteiger partial charge is 0.174 e. The predicted molar refractivity (Wildman–Crippen MR) is 73.5 cm³/mol. The Kier molecular flexibility index (Phi) is 2.77. The van der Waals surface area contributed by atoms with Crippen LogP contribution in [-0.2, 0) is 0 Å². The van der Waals surface area contributed by atoms with Gasteiger partial charge in [0.25, 0.3) is 0 Å². The van der Waals surface area contributed by atoms with Crippen LogP contribution < -0.4 is 0 Å². The van der Waals surface area contributed by atoms with Crippen LogP contribution in [0.2, 0.25) is 0 Å². The molecule has 2 aromatic carbocycles. The Morgan fingerprint density at radius 3 is 2.68 bits per heavy atom. The molecule has 3 aromatic rings. The van der Waals surface area contributed by atoms with Crippen LogP contribution in [0, 0.1) is 11.3 Å². The molecule has 0 saturated carbocycles. The summed E-state index contributed by atoms with van der Waals surface area (Å²) in [7, 11) is 0. The summed E-state index contributed by atoms with van der Waals surface area (Å²) in [6.07, 6.45) is 0. The van der Waals surface area contributed by atoms with Gasteiger partial charge in [0.2, 0.25) is 0 Å². The lowest BCUT2D eigenvalue weighted by atomic mass is 10.00. The van der Waals surface area contributed by atoms with Gasteiger partial charge in [-0.2, -0.15) is 5.26 Å². The van der Waals surface area contributed by atoms with Crippen LogP contribution in [0.3, 0.4) is 0 Å². The lowest BCUT2D eigenvalue weighted by Gasteiger charge is -2.01. The van der Waals surface area contributed by atoms with Crippen molar-refractivity contribution < 1.29 is 4.52 Å². The maximum atomic E-state index is 8.95. The van der Waals surface area contributed by atoms with E-state index in [1.165, 1.54) is 0 Å². The van der Waals surface area contributed by atoms with Crippen molar-refractivity contribution in [3.05, 3.63) is 54.1 Å². The molecule has 3 heteroatoms. The largest absolute Gasteiger partial charge is 0.355 e. The fourth-order valence-electron chi connectivity index (χ4n) is 2.10. The maximum absolute atomic E-state index is 8.95. The quantitative estimate of drug-likeness (QED) is 0.685. The van der Waals surface area contributed by atoms with Gasteiger partial charge in [-0.25, -0.2) is 0 Å². The number of aromatic nitrogens is 1. The molecule has 1 unspecified atom stereocenters. The number of nitriles is 1. The van der Waals surface area contributed by atoms with Gasteiger partial charge < -0.3 is 4.52 Å². The molecule has 0 N–H and O–H groups in total. The van der Waals surface area contributed by atoms with Crippen LogP contribution >= 0.6 is 0 Å². The first-order valence-electron chi connectivity index (χ1n) is 6.14. The van der Waals surface area contributed by atoms with E-state index >= 15 is 0 Å². The third kappa shape index (κ3) is 1.98. The van der Waals surface area contributed by atoms with E-state index in [-0.39, 0.29) is 5.92 Å². The fraction of sp³-hybridized carbons (Fsp3) is 0.125. The molecule has 3 rings (SSSR count). The van der Waals surface area contributed by atoms with Gasteiger partial charge in [0.15, 0.2) is 5.76 Å². The van der Waals surface area contributed by atoms with Crippen molar-refractivity contribution in [2.75, 3.05) is 0 Å². The van der Waals surface area contributed by atoms with E-state index < -0.39 is 0 Å². The topological polar surface area (TPSA) is 49.8 Å². The molecule has 1 aromatic heterocycles. The van der Waals surface area contributed by atoms with Crippen molar-refractivity contribution in [2.45, 2.75) is 12.8 Å². The van der Waals surface area contributed by atoms with Gasteiger partial charge in [0, 0.05) is 10.9 Å². The number of hydrogen-bond donors (Lipinski definition) is 0. The van der Waals surface area contributed by atoms with E-state index in [0.717, 1.165) is 27.8 Å². The van der Waals surface area contributed by atoms with Crippen LogP contribution in [-0.4, -0.2) is 5.16 Å². The first-order chi connectivity index (χ1) is 9.29. The highest BCUT2D eigenvalue weighted by atomic mass is 16.5. The van der Waals surface area contributed by atoms with Gasteiger partial charge >= 0.3 is 0 Å². The first kappa shape index (κ1) is 11.5. The van der Waals surface area contributed by atoms with E-state index in [2.05, 4.69) is 11.2 Å². The zero-order valence-electron chi connectivity index (χ0n) is 10.5. The van der Waals surface area contributed by atoms with Crippen molar-refractivity contribution in [2.24, 2.45) is 0 Å². The monoisotopic (exact) mass is 248 g/mol. The summed E-state index contributed by atoms with van der Waals surface area (Å²) in [6, 6.07) is 18.0. The van der Waals surface area contributed by atoms with E-state index in [1.54, 1.807) is 0 Å². The van der Waals surface area contributed by atoms with Crippen LogP contribution in [0.5, 0.6) is 0 Å². The molecule has 0 saturated heterocycles. The lowest BCUT2D eigenvalue weighted by molar-refractivity contribution is 0.441. The third-order valence-electron chi connectivity index (χ3n) is 3.23. The van der Waals surface area contributed by atoms with Crippen LogP contribution in [0.25, 0.3) is 22.2 Å². The van der Waals surface area contributed by atoms with E-state index in [0.29, 0.717) is 0 Å². The standard InChI is InChI=1S/C16H12N2O/c1-11(10-17)13-7-8-14-15(9-13)18-19-16(14)12-5-3-2-4-6-12/h2-9,11H,1H3.